The zero-order valence-corrected chi connectivity index (χ0v) is 18.0. The summed E-state index contributed by atoms with van der Waals surface area (Å²) in [5, 5.41) is 5.86. The number of aryl methyl sites for hydroxylation is 3. The highest BCUT2D eigenvalue weighted by Gasteiger charge is 2.18. The second kappa shape index (κ2) is 9.26. The van der Waals surface area contributed by atoms with Crippen LogP contribution in [0.25, 0.3) is 0 Å². The molecule has 2 aromatic heterocycles. The third-order valence-corrected chi connectivity index (χ3v) is 6.38. The number of nitrogens with one attached hydrogen (secondary N) is 1. The summed E-state index contributed by atoms with van der Waals surface area (Å²) >= 11 is 1.61. The molecule has 1 saturated heterocycles. The van der Waals surface area contributed by atoms with Gasteiger partial charge in [0.1, 0.15) is 5.56 Å². The zero-order chi connectivity index (χ0) is 20.9. The molecule has 0 aliphatic carbocycles. The van der Waals surface area contributed by atoms with E-state index in [9.17, 15) is 9.59 Å². The predicted molar refractivity (Wildman–Crippen MR) is 120 cm³/mol. The highest BCUT2D eigenvalue weighted by Crippen LogP contribution is 2.24. The third-order valence-electron chi connectivity index (χ3n) is 5.43. The standard InChI is InChI=1S/C23H26N4O2S/c1-17-9-13-26(14-10-18-7-3-2-4-8-18)22(29)20(17)21(28)24-15-19-16-30-23(25-19)27-11-5-6-12-27/h2-4,7-9,13,16H,5-6,10-12,14-15H2,1H3,(H,24,28). The Morgan fingerprint density at radius 1 is 1.17 bits per heavy atom. The van der Waals surface area contributed by atoms with Crippen LogP contribution in [0.1, 0.15) is 40.0 Å². The maximum atomic E-state index is 12.9. The number of anilines is 1. The lowest BCUT2D eigenvalue weighted by molar-refractivity contribution is 0.0947. The van der Waals surface area contributed by atoms with E-state index in [1.807, 2.05) is 41.8 Å². The maximum Gasteiger partial charge on any atom is 0.263 e. The molecule has 1 amide bonds. The van der Waals surface area contributed by atoms with Gasteiger partial charge in [0, 0.05) is 31.2 Å². The normalized spacial score (nSPS) is 13.6. The lowest BCUT2D eigenvalue weighted by atomic mass is 10.1. The smallest absolute Gasteiger partial charge is 0.263 e. The molecule has 0 spiro atoms. The Bertz CT molecular complexity index is 1070. The number of rotatable bonds is 7. The molecule has 30 heavy (non-hydrogen) atoms. The minimum Gasteiger partial charge on any atom is -0.348 e. The Morgan fingerprint density at radius 3 is 2.70 bits per heavy atom. The Morgan fingerprint density at radius 2 is 1.93 bits per heavy atom. The largest absolute Gasteiger partial charge is 0.348 e. The first-order chi connectivity index (χ1) is 14.6. The summed E-state index contributed by atoms with van der Waals surface area (Å²) in [6.45, 7) is 4.75. The van der Waals surface area contributed by atoms with E-state index >= 15 is 0 Å². The summed E-state index contributed by atoms with van der Waals surface area (Å²) in [4.78, 5) is 32.6. The molecule has 6 nitrogen and oxygen atoms in total. The van der Waals surface area contributed by atoms with E-state index in [2.05, 4.69) is 15.2 Å². The fourth-order valence-electron chi connectivity index (χ4n) is 3.70. The molecule has 0 saturated carbocycles. The molecule has 3 aromatic rings. The van der Waals surface area contributed by atoms with Gasteiger partial charge in [-0.1, -0.05) is 30.3 Å². The van der Waals surface area contributed by atoms with Crippen LogP contribution in [-0.4, -0.2) is 28.5 Å². The van der Waals surface area contributed by atoms with Crippen molar-refractivity contribution in [3.05, 3.63) is 80.7 Å². The molecule has 7 heteroatoms. The molecule has 1 N–H and O–H groups in total. The number of pyridine rings is 1. The average Bonchev–Trinajstić information content (AvgIpc) is 3.44. The number of thiazole rings is 1. The zero-order valence-electron chi connectivity index (χ0n) is 17.1. The lowest BCUT2D eigenvalue weighted by Crippen LogP contribution is -2.34. The predicted octanol–water partition coefficient (Wildman–Crippen LogP) is 3.39. The van der Waals surface area contributed by atoms with Gasteiger partial charge >= 0.3 is 0 Å². The van der Waals surface area contributed by atoms with Crippen molar-refractivity contribution in [3.63, 3.8) is 0 Å². The monoisotopic (exact) mass is 422 g/mol. The topological polar surface area (TPSA) is 67.2 Å². The van der Waals surface area contributed by atoms with E-state index in [-0.39, 0.29) is 17.0 Å². The van der Waals surface area contributed by atoms with Crippen LogP contribution in [0.4, 0.5) is 5.13 Å². The average molecular weight is 423 g/mol. The highest BCUT2D eigenvalue weighted by molar-refractivity contribution is 7.13. The summed E-state index contributed by atoms with van der Waals surface area (Å²) in [5.41, 5.74) is 2.63. The van der Waals surface area contributed by atoms with Gasteiger partial charge in [0.25, 0.3) is 11.5 Å². The van der Waals surface area contributed by atoms with Gasteiger partial charge in [-0.15, -0.1) is 11.3 Å². The van der Waals surface area contributed by atoms with Crippen molar-refractivity contribution in [2.24, 2.45) is 0 Å². The Hall–Kier alpha value is -2.93. The first-order valence-corrected chi connectivity index (χ1v) is 11.2. The summed E-state index contributed by atoms with van der Waals surface area (Å²) < 4.78 is 1.61. The van der Waals surface area contributed by atoms with Gasteiger partial charge in [0.05, 0.1) is 12.2 Å². The Labute approximate surface area is 180 Å². The summed E-state index contributed by atoms with van der Waals surface area (Å²) in [6, 6.07) is 11.9. The van der Waals surface area contributed by atoms with Crippen molar-refractivity contribution in [3.8, 4) is 0 Å². The molecule has 1 aromatic carbocycles. The molecule has 0 unspecified atom stereocenters. The van der Waals surface area contributed by atoms with Crippen molar-refractivity contribution in [1.82, 2.24) is 14.9 Å². The quantitative estimate of drug-likeness (QED) is 0.634. The Kier molecular flexibility index (Phi) is 6.28. The van der Waals surface area contributed by atoms with Crippen LogP contribution in [0, 0.1) is 6.92 Å². The first-order valence-electron chi connectivity index (χ1n) is 10.3. The van der Waals surface area contributed by atoms with Gasteiger partial charge in [-0.2, -0.15) is 0 Å². The van der Waals surface area contributed by atoms with Crippen molar-refractivity contribution in [1.29, 1.82) is 0 Å². The molecule has 156 valence electrons. The van der Waals surface area contributed by atoms with Crippen LogP contribution in [0.2, 0.25) is 0 Å². The molecule has 3 heterocycles. The number of carbonyl (C=O) groups excluding carboxylic acids is 1. The minimum atomic E-state index is -0.345. The van der Waals surface area contributed by atoms with E-state index in [0.29, 0.717) is 18.7 Å². The number of amides is 1. The van der Waals surface area contributed by atoms with E-state index in [1.165, 1.54) is 12.8 Å². The second-order valence-corrected chi connectivity index (χ2v) is 8.44. The van der Waals surface area contributed by atoms with Gasteiger partial charge in [0.15, 0.2) is 5.13 Å². The van der Waals surface area contributed by atoms with E-state index < -0.39 is 0 Å². The summed E-state index contributed by atoms with van der Waals surface area (Å²) in [6.07, 6.45) is 4.91. The summed E-state index contributed by atoms with van der Waals surface area (Å²) in [7, 11) is 0. The molecule has 1 aliphatic rings. The number of hydrogen-bond donors (Lipinski definition) is 1. The van der Waals surface area contributed by atoms with Gasteiger partial charge in [0.2, 0.25) is 0 Å². The van der Waals surface area contributed by atoms with Crippen LogP contribution in [-0.2, 0) is 19.5 Å². The van der Waals surface area contributed by atoms with E-state index in [1.54, 1.807) is 29.0 Å². The third kappa shape index (κ3) is 4.62. The van der Waals surface area contributed by atoms with Gasteiger partial charge in [-0.3, -0.25) is 9.59 Å². The van der Waals surface area contributed by atoms with Crippen LogP contribution in [0.5, 0.6) is 0 Å². The molecular weight excluding hydrogens is 396 g/mol. The molecule has 1 aliphatic heterocycles. The Balaban J connectivity index is 1.42. The molecule has 0 atom stereocenters. The number of hydrogen-bond acceptors (Lipinski definition) is 5. The van der Waals surface area contributed by atoms with Crippen LogP contribution in [0.15, 0.2) is 52.8 Å². The molecule has 0 radical (unpaired) electrons. The maximum absolute atomic E-state index is 12.9. The van der Waals surface area contributed by atoms with E-state index in [4.69, 9.17) is 0 Å². The van der Waals surface area contributed by atoms with Crippen molar-refractivity contribution in [2.45, 2.75) is 39.3 Å². The SMILES string of the molecule is Cc1ccn(CCc2ccccc2)c(=O)c1C(=O)NCc1csc(N2CCCC2)n1. The number of carbonyl (C=O) groups is 1. The van der Waals surface area contributed by atoms with Crippen LogP contribution in [0.3, 0.4) is 0 Å². The van der Waals surface area contributed by atoms with Crippen LogP contribution < -0.4 is 15.8 Å². The van der Waals surface area contributed by atoms with E-state index in [0.717, 1.165) is 35.9 Å². The molecule has 4 rings (SSSR count). The number of benzene rings is 1. The number of aromatic nitrogens is 2. The van der Waals surface area contributed by atoms with Crippen LogP contribution >= 0.6 is 11.3 Å². The minimum absolute atomic E-state index is 0.209. The second-order valence-electron chi connectivity index (χ2n) is 7.61. The molecular formula is C23H26N4O2S. The van der Waals surface area contributed by atoms with Gasteiger partial charge in [-0.05, 0) is 43.4 Å². The fourth-order valence-corrected chi connectivity index (χ4v) is 4.58. The van der Waals surface area contributed by atoms with Crippen molar-refractivity contribution < 1.29 is 4.79 Å². The summed E-state index contributed by atoms with van der Waals surface area (Å²) in [5.74, 6) is -0.345. The number of nitrogens with zero attached hydrogens (tertiary/aromatic N) is 3. The van der Waals surface area contributed by atoms with Crippen molar-refractivity contribution >= 4 is 22.4 Å². The van der Waals surface area contributed by atoms with Gasteiger partial charge in [-0.25, -0.2) is 4.98 Å². The highest BCUT2D eigenvalue weighted by atomic mass is 32.1. The lowest BCUT2D eigenvalue weighted by Gasteiger charge is -2.12. The first kappa shape index (κ1) is 20.3. The van der Waals surface area contributed by atoms with Crippen molar-refractivity contribution in [2.75, 3.05) is 18.0 Å². The van der Waals surface area contributed by atoms with Gasteiger partial charge < -0.3 is 14.8 Å². The molecule has 0 bridgehead atoms. The fraction of sp³-hybridized carbons (Fsp3) is 0.348. The molecule has 1 fully saturated rings.